The minimum atomic E-state index is -0.0525. The van der Waals surface area contributed by atoms with Gasteiger partial charge in [-0.05, 0) is 6.42 Å². The van der Waals surface area contributed by atoms with E-state index in [1.165, 1.54) is 6.33 Å². The fourth-order valence-electron chi connectivity index (χ4n) is 2.09. The van der Waals surface area contributed by atoms with Crippen molar-refractivity contribution in [2.45, 2.75) is 19.4 Å². The molecule has 6 heteroatoms. The molecule has 0 aliphatic carbocycles. The number of anilines is 2. The third kappa shape index (κ3) is 2.32. The lowest BCUT2D eigenvalue weighted by atomic mass is 10.1. The molecule has 0 radical (unpaired) electrons. The third-order valence-corrected chi connectivity index (χ3v) is 3.02. The topological polar surface area (TPSA) is 84.5 Å². The zero-order valence-corrected chi connectivity index (χ0v) is 9.96. The predicted octanol–water partition coefficient (Wildman–Crippen LogP) is -0.181. The van der Waals surface area contributed by atoms with Gasteiger partial charge in [0.25, 0.3) is 0 Å². The van der Waals surface area contributed by atoms with Crippen molar-refractivity contribution in [3.8, 4) is 0 Å². The van der Waals surface area contributed by atoms with E-state index in [-0.39, 0.29) is 12.6 Å². The number of morpholine rings is 1. The summed E-state index contributed by atoms with van der Waals surface area (Å²) in [6.07, 6.45) is 2.24. The maximum atomic E-state index is 9.36. The van der Waals surface area contributed by atoms with Gasteiger partial charge in [-0.15, -0.1) is 0 Å². The van der Waals surface area contributed by atoms with Gasteiger partial charge in [0.2, 0.25) is 0 Å². The van der Waals surface area contributed by atoms with Crippen LogP contribution < -0.4 is 10.6 Å². The molecule has 1 fully saturated rings. The van der Waals surface area contributed by atoms with Crippen molar-refractivity contribution in [2.24, 2.45) is 0 Å². The Morgan fingerprint density at radius 1 is 1.59 bits per heavy atom. The summed E-state index contributed by atoms with van der Waals surface area (Å²) in [6, 6.07) is -0.0525. The SMILES string of the molecule is CCc1c(N)ncnc1N1CCOCC1CO. The average Bonchev–Trinajstić information content (AvgIpc) is 2.38. The lowest BCUT2D eigenvalue weighted by molar-refractivity contribution is 0.0722. The van der Waals surface area contributed by atoms with Gasteiger partial charge < -0.3 is 20.5 Å². The number of nitrogen functional groups attached to an aromatic ring is 1. The number of aliphatic hydroxyl groups is 1. The Balaban J connectivity index is 2.34. The van der Waals surface area contributed by atoms with E-state index in [1.54, 1.807) is 0 Å². The van der Waals surface area contributed by atoms with Crippen LogP contribution in [0.2, 0.25) is 0 Å². The summed E-state index contributed by atoms with van der Waals surface area (Å²) in [5, 5.41) is 9.36. The molecule has 0 bridgehead atoms. The van der Waals surface area contributed by atoms with Crippen LogP contribution in [0.25, 0.3) is 0 Å². The number of nitrogens with two attached hydrogens (primary N) is 1. The Bertz CT molecular complexity index is 386. The van der Waals surface area contributed by atoms with E-state index in [2.05, 4.69) is 14.9 Å². The van der Waals surface area contributed by atoms with Crippen molar-refractivity contribution in [1.82, 2.24) is 9.97 Å². The van der Waals surface area contributed by atoms with Crippen LogP contribution in [-0.4, -0.2) is 47.5 Å². The Hall–Kier alpha value is -1.40. The van der Waals surface area contributed by atoms with E-state index in [1.807, 2.05) is 6.92 Å². The van der Waals surface area contributed by atoms with Crippen LogP contribution in [0.15, 0.2) is 6.33 Å². The first-order valence-electron chi connectivity index (χ1n) is 5.82. The van der Waals surface area contributed by atoms with Gasteiger partial charge in [-0.2, -0.15) is 0 Å². The molecule has 1 aromatic rings. The number of ether oxygens (including phenoxy) is 1. The summed E-state index contributed by atoms with van der Waals surface area (Å²) >= 11 is 0. The summed E-state index contributed by atoms with van der Waals surface area (Å²) < 4.78 is 5.35. The van der Waals surface area contributed by atoms with Gasteiger partial charge in [0.05, 0.1) is 25.9 Å². The summed E-state index contributed by atoms with van der Waals surface area (Å²) in [5.74, 6) is 1.34. The number of hydrogen-bond donors (Lipinski definition) is 2. The van der Waals surface area contributed by atoms with Crippen LogP contribution in [-0.2, 0) is 11.2 Å². The second-order valence-corrected chi connectivity index (χ2v) is 4.02. The Morgan fingerprint density at radius 2 is 2.41 bits per heavy atom. The van der Waals surface area contributed by atoms with Crippen molar-refractivity contribution in [2.75, 3.05) is 37.0 Å². The van der Waals surface area contributed by atoms with Crippen molar-refractivity contribution in [3.05, 3.63) is 11.9 Å². The maximum absolute atomic E-state index is 9.36. The number of nitrogens with zero attached hydrogens (tertiary/aromatic N) is 3. The van der Waals surface area contributed by atoms with E-state index in [4.69, 9.17) is 10.5 Å². The van der Waals surface area contributed by atoms with Crippen molar-refractivity contribution in [1.29, 1.82) is 0 Å². The second kappa shape index (κ2) is 5.29. The molecule has 2 rings (SSSR count). The number of aliphatic hydroxyl groups excluding tert-OH is 1. The van der Waals surface area contributed by atoms with Gasteiger partial charge in [-0.25, -0.2) is 9.97 Å². The molecule has 1 aliphatic heterocycles. The minimum absolute atomic E-state index is 0.0487. The smallest absolute Gasteiger partial charge is 0.137 e. The molecular weight excluding hydrogens is 220 g/mol. The van der Waals surface area contributed by atoms with Crippen LogP contribution in [0.4, 0.5) is 11.6 Å². The van der Waals surface area contributed by atoms with E-state index >= 15 is 0 Å². The molecule has 1 unspecified atom stereocenters. The lowest BCUT2D eigenvalue weighted by Crippen LogP contribution is -2.48. The molecule has 1 aliphatic rings. The fourth-order valence-corrected chi connectivity index (χ4v) is 2.09. The molecule has 6 nitrogen and oxygen atoms in total. The van der Waals surface area contributed by atoms with Gasteiger partial charge in [-0.1, -0.05) is 6.92 Å². The van der Waals surface area contributed by atoms with E-state index in [9.17, 15) is 5.11 Å². The van der Waals surface area contributed by atoms with Crippen LogP contribution in [0.3, 0.4) is 0 Å². The number of rotatable bonds is 3. The molecular formula is C11H18N4O2. The van der Waals surface area contributed by atoms with Crippen LogP contribution in [0.5, 0.6) is 0 Å². The average molecular weight is 238 g/mol. The van der Waals surface area contributed by atoms with Crippen molar-refractivity contribution in [3.63, 3.8) is 0 Å². The summed E-state index contributed by atoms with van der Waals surface area (Å²) in [4.78, 5) is 10.4. The molecule has 2 heterocycles. The Morgan fingerprint density at radius 3 is 3.12 bits per heavy atom. The fraction of sp³-hybridized carbons (Fsp3) is 0.636. The van der Waals surface area contributed by atoms with Crippen LogP contribution in [0, 0.1) is 0 Å². The molecule has 0 amide bonds. The van der Waals surface area contributed by atoms with E-state index in [0.717, 1.165) is 17.8 Å². The Labute approximate surface area is 100 Å². The molecule has 1 saturated heterocycles. The highest BCUT2D eigenvalue weighted by Crippen LogP contribution is 2.24. The summed E-state index contributed by atoms with van der Waals surface area (Å²) in [7, 11) is 0. The quantitative estimate of drug-likeness (QED) is 0.760. The van der Waals surface area contributed by atoms with Gasteiger partial charge in [-0.3, -0.25) is 0 Å². The lowest BCUT2D eigenvalue weighted by Gasteiger charge is -2.36. The number of aromatic nitrogens is 2. The van der Waals surface area contributed by atoms with Crippen molar-refractivity contribution >= 4 is 11.6 Å². The van der Waals surface area contributed by atoms with Crippen molar-refractivity contribution < 1.29 is 9.84 Å². The molecule has 1 atom stereocenters. The highest BCUT2D eigenvalue weighted by molar-refractivity contribution is 5.57. The summed E-state index contributed by atoms with van der Waals surface area (Å²) in [6.45, 7) is 3.95. The molecule has 94 valence electrons. The molecule has 0 aromatic carbocycles. The second-order valence-electron chi connectivity index (χ2n) is 4.02. The van der Waals surface area contributed by atoms with Gasteiger partial charge >= 0.3 is 0 Å². The van der Waals surface area contributed by atoms with Gasteiger partial charge in [0.1, 0.15) is 18.0 Å². The van der Waals surface area contributed by atoms with Gasteiger partial charge in [0, 0.05) is 12.1 Å². The zero-order valence-electron chi connectivity index (χ0n) is 9.96. The highest BCUT2D eigenvalue weighted by atomic mass is 16.5. The maximum Gasteiger partial charge on any atom is 0.137 e. The summed E-state index contributed by atoms with van der Waals surface area (Å²) in [5.41, 5.74) is 6.79. The monoisotopic (exact) mass is 238 g/mol. The van der Waals surface area contributed by atoms with Crippen LogP contribution >= 0.6 is 0 Å². The van der Waals surface area contributed by atoms with E-state index < -0.39 is 0 Å². The predicted molar refractivity (Wildman–Crippen MR) is 64.9 cm³/mol. The molecule has 17 heavy (non-hydrogen) atoms. The normalized spacial score (nSPS) is 20.6. The Kier molecular flexibility index (Phi) is 3.75. The molecule has 0 saturated carbocycles. The first-order valence-corrected chi connectivity index (χ1v) is 5.82. The minimum Gasteiger partial charge on any atom is -0.394 e. The first kappa shape index (κ1) is 12.1. The highest BCUT2D eigenvalue weighted by Gasteiger charge is 2.25. The molecule has 3 N–H and O–H groups in total. The molecule has 1 aromatic heterocycles. The zero-order chi connectivity index (χ0) is 12.3. The number of hydrogen-bond acceptors (Lipinski definition) is 6. The van der Waals surface area contributed by atoms with Gasteiger partial charge in [0.15, 0.2) is 0 Å². The van der Waals surface area contributed by atoms with E-state index in [0.29, 0.717) is 25.6 Å². The van der Waals surface area contributed by atoms with Crippen LogP contribution in [0.1, 0.15) is 12.5 Å². The molecule has 0 spiro atoms. The standard InChI is InChI=1S/C11H18N4O2/c1-2-9-10(12)13-7-14-11(9)15-3-4-17-6-8(15)5-16/h7-8,16H,2-6H2,1H3,(H2,12,13,14). The first-order chi connectivity index (χ1) is 8.27. The largest absolute Gasteiger partial charge is 0.394 e. The third-order valence-electron chi connectivity index (χ3n) is 3.02.